The Morgan fingerprint density at radius 1 is 1.15 bits per heavy atom. The quantitative estimate of drug-likeness (QED) is 0.754. The number of benzene rings is 1. The van der Waals surface area contributed by atoms with E-state index >= 15 is 0 Å². The zero-order chi connectivity index (χ0) is 17.9. The third kappa shape index (κ3) is 3.75. The van der Waals surface area contributed by atoms with Crippen LogP contribution in [0.5, 0.6) is 0 Å². The smallest absolute Gasteiger partial charge is 0.166 e. The second-order valence-electron chi connectivity index (χ2n) is 7.01. The van der Waals surface area contributed by atoms with Crippen LogP contribution in [0.25, 0.3) is 11.0 Å². The average Bonchev–Trinajstić information content (AvgIpc) is 2.63. The fourth-order valence-electron chi connectivity index (χ4n) is 3.57. The standard InChI is InChI=1S/C20H24N6/c1-14-3-2-4-15(11-14)12-26-9-7-16(8-10-26)24-19-17-5-6-18(21)25-20(17)23-13-22-19/h2-6,11,13,16H,7-10,12H2,1H3,(H3,21,22,23,24,25). The molecule has 2 aromatic heterocycles. The number of hydrogen-bond acceptors (Lipinski definition) is 6. The topological polar surface area (TPSA) is 80.0 Å². The molecule has 0 aliphatic carbocycles. The Morgan fingerprint density at radius 2 is 2.00 bits per heavy atom. The van der Waals surface area contributed by atoms with Crippen LogP contribution in [0.15, 0.2) is 42.7 Å². The molecule has 0 radical (unpaired) electrons. The van der Waals surface area contributed by atoms with Gasteiger partial charge >= 0.3 is 0 Å². The first-order chi connectivity index (χ1) is 12.7. The van der Waals surface area contributed by atoms with Crippen LogP contribution in [-0.2, 0) is 6.54 Å². The lowest BCUT2D eigenvalue weighted by Gasteiger charge is -2.32. The second-order valence-corrected chi connectivity index (χ2v) is 7.01. The van der Waals surface area contributed by atoms with Crippen molar-refractivity contribution in [2.45, 2.75) is 32.4 Å². The SMILES string of the molecule is Cc1cccc(CN2CCC(Nc3ncnc4nc(N)ccc34)CC2)c1. The van der Waals surface area contributed by atoms with Crippen molar-refractivity contribution < 1.29 is 0 Å². The van der Waals surface area contributed by atoms with Crippen LogP contribution in [0.2, 0.25) is 0 Å². The van der Waals surface area contributed by atoms with Gasteiger partial charge in [0.25, 0.3) is 0 Å². The van der Waals surface area contributed by atoms with E-state index in [4.69, 9.17) is 5.73 Å². The number of pyridine rings is 1. The summed E-state index contributed by atoms with van der Waals surface area (Å²) in [4.78, 5) is 15.4. The maximum absolute atomic E-state index is 5.75. The van der Waals surface area contributed by atoms with Crippen molar-refractivity contribution in [3.05, 3.63) is 53.9 Å². The third-order valence-corrected chi connectivity index (χ3v) is 4.94. The lowest BCUT2D eigenvalue weighted by molar-refractivity contribution is 0.211. The Hall–Kier alpha value is -2.73. The average molecular weight is 348 g/mol. The number of anilines is 2. The van der Waals surface area contributed by atoms with Gasteiger partial charge in [0, 0.05) is 25.7 Å². The largest absolute Gasteiger partial charge is 0.384 e. The summed E-state index contributed by atoms with van der Waals surface area (Å²) in [6, 6.07) is 12.9. The minimum atomic E-state index is 0.416. The first kappa shape index (κ1) is 16.7. The Bertz CT molecular complexity index is 902. The molecule has 1 aromatic carbocycles. The van der Waals surface area contributed by atoms with E-state index in [0.717, 1.165) is 43.7 Å². The summed E-state index contributed by atoms with van der Waals surface area (Å²) in [6.07, 6.45) is 3.74. The van der Waals surface area contributed by atoms with Gasteiger partial charge in [0.1, 0.15) is 18.0 Å². The van der Waals surface area contributed by atoms with Gasteiger partial charge in [-0.05, 0) is 37.5 Å². The molecular weight excluding hydrogens is 324 g/mol. The summed E-state index contributed by atoms with van der Waals surface area (Å²) in [6.45, 7) is 5.34. The molecule has 6 nitrogen and oxygen atoms in total. The van der Waals surface area contributed by atoms with Crippen molar-refractivity contribution in [3.8, 4) is 0 Å². The number of nitrogen functional groups attached to an aromatic ring is 1. The molecule has 0 atom stereocenters. The molecule has 0 amide bonds. The van der Waals surface area contributed by atoms with Crippen LogP contribution in [0.1, 0.15) is 24.0 Å². The van der Waals surface area contributed by atoms with Crippen LogP contribution in [0.4, 0.5) is 11.6 Å². The highest BCUT2D eigenvalue weighted by atomic mass is 15.1. The van der Waals surface area contributed by atoms with Gasteiger partial charge in [0.15, 0.2) is 5.65 Å². The first-order valence-electron chi connectivity index (χ1n) is 9.09. The molecule has 1 aliphatic rings. The molecule has 0 unspecified atom stereocenters. The van der Waals surface area contributed by atoms with Crippen molar-refractivity contribution in [2.24, 2.45) is 0 Å². The van der Waals surface area contributed by atoms with Gasteiger partial charge in [-0.15, -0.1) is 0 Å². The number of likely N-dealkylation sites (tertiary alicyclic amines) is 1. The van der Waals surface area contributed by atoms with Gasteiger partial charge < -0.3 is 11.1 Å². The van der Waals surface area contributed by atoms with Gasteiger partial charge in [0.2, 0.25) is 0 Å². The summed E-state index contributed by atoms with van der Waals surface area (Å²) in [5.41, 5.74) is 9.10. The Kier molecular flexibility index (Phi) is 4.67. The monoisotopic (exact) mass is 348 g/mol. The molecule has 4 rings (SSSR count). The number of rotatable bonds is 4. The molecule has 0 bridgehead atoms. The van der Waals surface area contributed by atoms with Crippen molar-refractivity contribution >= 4 is 22.7 Å². The molecule has 26 heavy (non-hydrogen) atoms. The van der Waals surface area contributed by atoms with Crippen LogP contribution in [-0.4, -0.2) is 39.0 Å². The Labute approximate surface area is 153 Å². The lowest BCUT2D eigenvalue weighted by atomic mass is 10.0. The third-order valence-electron chi connectivity index (χ3n) is 4.94. The number of nitrogens with one attached hydrogen (secondary N) is 1. The highest BCUT2D eigenvalue weighted by molar-refractivity contribution is 5.87. The Balaban J connectivity index is 1.38. The normalized spacial score (nSPS) is 16.0. The highest BCUT2D eigenvalue weighted by Gasteiger charge is 2.20. The number of aryl methyl sites for hydroxylation is 1. The Morgan fingerprint density at radius 3 is 2.81 bits per heavy atom. The number of piperidine rings is 1. The van der Waals surface area contributed by atoms with E-state index in [1.54, 1.807) is 12.4 Å². The van der Waals surface area contributed by atoms with Crippen molar-refractivity contribution in [1.29, 1.82) is 0 Å². The van der Waals surface area contributed by atoms with Crippen molar-refractivity contribution in [3.63, 3.8) is 0 Å². The zero-order valence-electron chi connectivity index (χ0n) is 15.0. The van der Waals surface area contributed by atoms with Crippen LogP contribution in [0, 0.1) is 6.92 Å². The summed E-state index contributed by atoms with van der Waals surface area (Å²) in [5.74, 6) is 1.33. The van der Waals surface area contributed by atoms with E-state index in [9.17, 15) is 0 Å². The number of hydrogen-bond donors (Lipinski definition) is 2. The summed E-state index contributed by atoms with van der Waals surface area (Å²) < 4.78 is 0. The van der Waals surface area contributed by atoms with Gasteiger partial charge in [0.05, 0.1) is 5.39 Å². The summed E-state index contributed by atoms with van der Waals surface area (Å²) in [7, 11) is 0. The van der Waals surface area contributed by atoms with Crippen molar-refractivity contribution in [1.82, 2.24) is 19.9 Å². The van der Waals surface area contributed by atoms with Gasteiger partial charge in [-0.3, -0.25) is 4.90 Å². The van der Waals surface area contributed by atoms with E-state index < -0.39 is 0 Å². The van der Waals surface area contributed by atoms with E-state index in [1.807, 2.05) is 6.07 Å². The summed E-state index contributed by atoms with van der Waals surface area (Å²) in [5, 5.41) is 4.50. The molecule has 1 aliphatic heterocycles. The second kappa shape index (κ2) is 7.25. The highest BCUT2D eigenvalue weighted by Crippen LogP contribution is 2.22. The molecule has 3 heterocycles. The molecule has 0 saturated carbocycles. The zero-order valence-corrected chi connectivity index (χ0v) is 15.0. The van der Waals surface area contributed by atoms with Gasteiger partial charge in [-0.2, -0.15) is 0 Å². The van der Waals surface area contributed by atoms with Crippen molar-refractivity contribution in [2.75, 3.05) is 24.1 Å². The number of nitrogens with zero attached hydrogens (tertiary/aromatic N) is 4. The predicted octanol–water partition coefficient (Wildman–Crippen LogP) is 2.99. The lowest BCUT2D eigenvalue weighted by Crippen LogP contribution is -2.38. The molecule has 3 N–H and O–H groups in total. The number of aromatic nitrogens is 3. The van der Waals surface area contributed by atoms with E-state index in [0.29, 0.717) is 17.5 Å². The predicted molar refractivity (Wildman–Crippen MR) is 105 cm³/mol. The van der Waals surface area contributed by atoms with Gasteiger partial charge in [-0.1, -0.05) is 29.8 Å². The molecular formula is C20H24N6. The van der Waals surface area contributed by atoms with E-state index in [-0.39, 0.29) is 0 Å². The molecule has 134 valence electrons. The minimum Gasteiger partial charge on any atom is -0.384 e. The minimum absolute atomic E-state index is 0.416. The maximum atomic E-state index is 5.75. The molecule has 6 heteroatoms. The van der Waals surface area contributed by atoms with Gasteiger partial charge in [-0.25, -0.2) is 15.0 Å². The molecule has 3 aromatic rings. The molecule has 1 fully saturated rings. The van der Waals surface area contributed by atoms with Crippen LogP contribution < -0.4 is 11.1 Å². The van der Waals surface area contributed by atoms with E-state index in [2.05, 4.69) is 56.4 Å². The fourth-order valence-corrected chi connectivity index (χ4v) is 3.57. The summed E-state index contributed by atoms with van der Waals surface area (Å²) >= 11 is 0. The fraction of sp³-hybridized carbons (Fsp3) is 0.350. The number of nitrogens with two attached hydrogens (primary N) is 1. The first-order valence-corrected chi connectivity index (χ1v) is 9.09. The maximum Gasteiger partial charge on any atom is 0.166 e. The van der Waals surface area contributed by atoms with Crippen LogP contribution >= 0.6 is 0 Å². The van der Waals surface area contributed by atoms with Crippen LogP contribution in [0.3, 0.4) is 0 Å². The molecule has 0 spiro atoms. The number of fused-ring (bicyclic) bond motifs is 1. The molecule has 1 saturated heterocycles. The van der Waals surface area contributed by atoms with E-state index in [1.165, 1.54) is 11.1 Å².